The fourth-order valence-corrected chi connectivity index (χ4v) is 3.59. The number of methoxy groups -OCH3 is 1. The lowest BCUT2D eigenvalue weighted by molar-refractivity contribution is -0.122. The quantitative estimate of drug-likeness (QED) is 0.589. The van der Waals surface area contributed by atoms with Gasteiger partial charge in [0.25, 0.3) is 5.91 Å². The summed E-state index contributed by atoms with van der Waals surface area (Å²) in [6, 6.07) is 16.9. The van der Waals surface area contributed by atoms with Crippen molar-refractivity contribution in [1.82, 2.24) is 20.0 Å². The van der Waals surface area contributed by atoms with Gasteiger partial charge in [0.2, 0.25) is 5.91 Å². The number of carbonyl (C=O) groups is 2. The molecule has 1 aromatic heterocycles. The minimum Gasteiger partial charge on any atom is -0.497 e. The number of rotatable bonds is 8. The van der Waals surface area contributed by atoms with Gasteiger partial charge in [0, 0.05) is 18.7 Å². The molecule has 1 aliphatic rings. The van der Waals surface area contributed by atoms with Crippen molar-refractivity contribution in [3.8, 4) is 22.8 Å². The second kappa shape index (κ2) is 9.55. The zero-order valence-corrected chi connectivity index (χ0v) is 18.2. The van der Waals surface area contributed by atoms with Gasteiger partial charge >= 0.3 is 0 Å². The molecule has 0 atom stereocenters. The smallest absolute Gasteiger partial charge is 0.272 e. The van der Waals surface area contributed by atoms with E-state index in [0.29, 0.717) is 31.9 Å². The Morgan fingerprint density at radius 2 is 1.78 bits per heavy atom. The van der Waals surface area contributed by atoms with Crippen molar-refractivity contribution in [2.75, 3.05) is 26.8 Å². The predicted molar refractivity (Wildman–Crippen MR) is 120 cm³/mol. The zero-order chi connectivity index (χ0) is 22.5. The van der Waals surface area contributed by atoms with Gasteiger partial charge in [-0.25, -0.2) is 0 Å². The monoisotopic (exact) mass is 434 g/mol. The molecule has 2 amide bonds. The number of hydrogen-bond acceptors (Lipinski definition) is 5. The van der Waals surface area contributed by atoms with Crippen LogP contribution < -0.4 is 14.8 Å². The molecule has 32 heavy (non-hydrogen) atoms. The van der Waals surface area contributed by atoms with E-state index in [9.17, 15) is 9.59 Å². The SMILES string of the molecule is CCOc1ccc(CNC(=O)CN2CCn3nc(-c4ccc(OC)cc4)cc3C2=O)cc1. The molecule has 4 rings (SSSR count). The first-order chi connectivity index (χ1) is 15.6. The second-order valence-electron chi connectivity index (χ2n) is 7.45. The normalized spacial score (nSPS) is 12.9. The van der Waals surface area contributed by atoms with Crippen LogP contribution in [0, 0.1) is 0 Å². The van der Waals surface area contributed by atoms with Crippen LogP contribution in [0.1, 0.15) is 23.0 Å². The number of nitrogens with one attached hydrogen (secondary N) is 1. The maximum absolute atomic E-state index is 12.9. The molecule has 2 heterocycles. The number of nitrogens with zero attached hydrogens (tertiary/aromatic N) is 3. The van der Waals surface area contributed by atoms with Gasteiger partial charge in [-0.2, -0.15) is 5.10 Å². The molecule has 0 spiro atoms. The molecule has 0 unspecified atom stereocenters. The van der Waals surface area contributed by atoms with Crippen LogP contribution in [-0.4, -0.2) is 53.3 Å². The third-order valence-corrected chi connectivity index (χ3v) is 5.31. The van der Waals surface area contributed by atoms with E-state index in [1.807, 2.05) is 55.5 Å². The Labute approximate surface area is 186 Å². The number of amides is 2. The molecule has 0 aliphatic carbocycles. The predicted octanol–water partition coefficient (Wildman–Crippen LogP) is 2.73. The van der Waals surface area contributed by atoms with Gasteiger partial charge in [0.1, 0.15) is 17.2 Å². The summed E-state index contributed by atoms with van der Waals surface area (Å²) in [5.41, 5.74) is 3.08. The van der Waals surface area contributed by atoms with Crippen molar-refractivity contribution in [2.24, 2.45) is 0 Å². The van der Waals surface area contributed by atoms with Gasteiger partial charge in [-0.15, -0.1) is 0 Å². The van der Waals surface area contributed by atoms with Gasteiger partial charge in [-0.1, -0.05) is 12.1 Å². The van der Waals surface area contributed by atoms with Crippen molar-refractivity contribution < 1.29 is 19.1 Å². The molecule has 1 aliphatic heterocycles. The Morgan fingerprint density at radius 3 is 2.47 bits per heavy atom. The minimum absolute atomic E-state index is 0.0128. The average molecular weight is 434 g/mol. The number of fused-ring (bicyclic) bond motifs is 1. The van der Waals surface area contributed by atoms with Crippen molar-refractivity contribution in [1.29, 1.82) is 0 Å². The Kier molecular flexibility index (Phi) is 6.39. The van der Waals surface area contributed by atoms with E-state index in [4.69, 9.17) is 9.47 Å². The molecule has 0 fully saturated rings. The van der Waals surface area contributed by atoms with Crippen molar-refractivity contribution in [3.63, 3.8) is 0 Å². The summed E-state index contributed by atoms with van der Waals surface area (Å²) in [6.45, 7) is 3.94. The van der Waals surface area contributed by atoms with E-state index < -0.39 is 0 Å². The van der Waals surface area contributed by atoms with Crippen LogP contribution in [0.25, 0.3) is 11.3 Å². The fourth-order valence-electron chi connectivity index (χ4n) is 3.59. The number of benzene rings is 2. The summed E-state index contributed by atoms with van der Waals surface area (Å²) in [6.07, 6.45) is 0. The highest BCUT2D eigenvalue weighted by molar-refractivity contribution is 5.96. The minimum atomic E-state index is -0.199. The first-order valence-electron chi connectivity index (χ1n) is 10.6. The standard InChI is InChI=1S/C24H26N4O4/c1-3-32-20-8-4-17(5-9-20)15-25-23(29)16-27-12-13-28-22(24(27)30)14-21(26-28)18-6-10-19(31-2)11-7-18/h4-11,14H,3,12-13,15-16H2,1-2H3,(H,25,29). The molecule has 0 saturated carbocycles. The summed E-state index contributed by atoms with van der Waals surface area (Å²) in [5, 5.41) is 7.43. The fraction of sp³-hybridized carbons (Fsp3) is 0.292. The lowest BCUT2D eigenvalue weighted by atomic mass is 10.1. The first kappa shape index (κ1) is 21.4. The van der Waals surface area contributed by atoms with Gasteiger partial charge in [-0.3, -0.25) is 14.3 Å². The molecule has 0 bridgehead atoms. The van der Waals surface area contributed by atoms with E-state index in [1.165, 1.54) is 0 Å². The van der Waals surface area contributed by atoms with Crippen LogP contribution in [0.15, 0.2) is 54.6 Å². The second-order valence-corrected chi connectivity index (χ2v) is 7.45. The third-order valence-electron chi connectivity index (χ3n) is 5.31. The largest absolute Gasteiger partial charge is 0.497 e. The van der Waals surface area contributed by atoms with E-state index in [2.05, 4.69) is 10.4 Å². The lowest BCUT2D eigenvalue weighted by Crippen LogP contribution is -2.45. The number of aromatic nitrogens is 2. The highest BCUT2D eigenvalue weighted by atomic mass is 16.5. The maximum atomic E-state index is 12.9. The molecular formula is C24H26N4O4. The molecular weight excluding hydrogens is 408 g/mol. The molecule has 166 valence electrons. The first-order valence-corrected chi connectivity index (χ1v) is 10.6. The Bertz CT molecular complexity index is 1090. The average Bonchev–Trinajstić information content (AvgIpc) is 3.26. The van der Waals surface area contributed by atoms with Crippen LogP contribution in [0.5, 0.6) is 11.5 Å². The Balaban J connectivity index is 1.35. The van der Waals surface area contributed by atoms with E-state index in [-0.39, 0.29) is 18.4 Å². The van der Waals surface area contributed by atoms with Gasteiger partial charge in [0.05, 0.1) is 32.5 Å². The highest BCUT2D eigenvalue weighted by Crippen LogP contribution is 2.24. The van der Waals surface area contributed by atoms with Crippen molar-refractivity contribution >= 4 is 11.8 Å². The van der Waals surface area contributed by atoms with Crippen LogP contribution in [0.2, 0.25) is 0 Å². The van der Waals surface area contributed by atoms with Crippen LogP contribution in [0.3, 0.4) is 0 Å². The van der Waals surface area contributed by atoms with E-state index in [0.717, 1.165) is 28.3 Å². The van der Waals surface area contributed by atoms with Gasteiger partial charge in [0.15, 0.2) is 0 Å². The van der Waals surface area contributed by atoms with Gasteiger partial charge in [-0.05, 0) is 55.0 Å². The molecule has 2 aromatic carbocycles. The molecule has 0 radical (unpaired) electrons. The summed E-state index contributed by atoms with van der Waals surface area (Å²) < 4.78 is 12.3. The zero-order valence-electron chi connectivity index (χ0n) is 18.2. The molecule has 3 aromatic rings. The Morgan fingerprint density at radius 1 is 1.06 bits per heavy atom. The summed E-state index contributed by atoms with van der Waals surface area (Å²) in [4.78, 5) is 26.9. The van der Waals surface area contributed by atoms with Crippen LogP contribution in [-0.2, 0) is 17.9 Å². The van der Waals surface area contributed by atoms with Crippen molar-refractivity contribution in [3.05, 3.63) is 65.9 Å². The van der Waals surface area contributed by atoms with E-state index >= 15 is 0 Å². The summed E-state index contributed by atoms with van der Waals surface area (Å²) in [5.74, 6) is 1.17. The molecule has 8 heteroatoms. The Hall–Kier alpha value is -3.81. The summed E-state index contributed by atoms with van der Waals surface area (Å²) in [7, 11) is 1.62. The van der Waals surface area contributed by atoms with Crippen LogP contribution in [0.4, 0.5) is 0 Å². The third kappa shape index (κ3) is 4.74. The van der Waals surface area contributed by atoms with Crippen LogP contribution >= 0.6 is 0 Å². The van der Waals surface area contributed by atoms with E-state index in [1.54, 1.807) is 22.8 Å². The molecule has 8 nitrogen and oxygen atoms in total. The van der Waals surface area contributed by atoms with Gasteiger partial charge < -0.3 is 19.7 Å². The molecule has 0 saturated heterocycles. The number of carbonyl (C=O) groups excluding carboxylic acids is 2. The highest BCUT2D eigenvalue weighted by Gasteiger charge is 2.28. The lowest BCUT2D eigenvalue weighted by Gasteiger charge is -2.26. The van der Waals surface area contributed by atoms with Crippen molar-refractivity contribution in [2.45, 2.75) is 20.0 Å². The topological polar surface area (TPSA) is 85.7 Å². The number of hydrogen-bond donors (Lipinski definition) is 1. The summed E-state index contributed by atoms with van der Waals surface area (Å²) >= 11 is 0. The molecule has 1 N–H and O–H groups in total. The maximum Gasteiger partial charge on any atom is 0.272 e. The number of ether oxygens (including phenoxy) is 2.